The quantitative estimate of drug-likeness (QED) is 0.772. The molecule has 2 aliphatic rings. The highest BCUT2D eigenvalue weighted by atomic mass is 16.5. The summed E-state index contributed by atoms with van der Waals surface area (Å²) in [6.07, 6.45) is 1.27. The predicted molar refractivity (Wildman–Crippen MR) is 68.9 cm³/mol. The van der Waals surface area contributed by atoms with Gasteiger partial charge in [0.2, 0.25) is 0 Å². The number of nitrogens with zero attached hydrogens (tertiary/aromatic N) is 2. The SMILES string of the molecule is CC1CCCN(C(=O)N2CCOC(C(=O)O)C2)C1C. The molecular formula is C13H22N2O4. The van der Waals surface area contributed by atoms with Gasteiger partial charge in [-0.25, -0.2) is 9.59 Å². The standard InChI is InChI=1S/C13H22N2O4/c1-9-4-3-5-15(10(9)2)13(18)14-6-7-19-11(8-14)12(16)17/h9-11H,3-8H2,1-2H3,(H,16,17). The van der Waals surface area contributed by atoms with E-state index in [9.17, 15) is 9.59 Å². The van der Waals surface area contributed by atoms with Gasteiger partial charge in [-0.3, -0.25) is 0 Å². The number of hydrogen-bond acceptors (Lipinski definition) is 3. The van der Waals surface area contributed by atoms with Crippen molar-refractivity contribution < 1.29 is 19.4 Å². The Bertz CT molecular complexity index is 361. The number of carbonyl (C=O) groups excluding carboxylic acids is 1. The summed E-state index contributed by atoms with van der Waals surface area (Å²) in [6, 6.07) is 0.168. The number of piperidine rings is 1. The lowest BCUT2D eigenvalue weighted by molar-refractivity contribution is -0.154. The number of ether oxygens (including phenoxy) is 1. The molecule has 2 aliphatic heterocycles. The number of carbonyl (C=O) groups is 2. The van der Waals surface area contributed by atoms with Crippen LogP contribution in [0.25, 0.3) is 0 Å². The van der Waals surface area contributed by atoms with Crippen molar-refractivity contribution in [2.24, 2.45) is 5.92 Å². The van der Waals surface area contributed by atoms with Gasteiger partial charge in [-0.15, -0.1) is 0 Å². The van der Waals surface area contributed by atoms with Crippen LogP contribution in [-0.4, -0.2) is 65.3 Å². The fraction of sp³-hybridized carbons (Fsp3) is 0.846. The summed E-state index contributed by atoms with van der Waals surface area (Å²) >= 11 is 0. The fourth-order valence-corrected chi connectivity index (χ4v) is 2.76. The minimum Gasteiger partial charge on any atom is -0.479 e. The van der Waals surface area contributed by atoms with E-state index in [1.165, 1.54) is 0 Å². The Balaban J connectivity index is 2.00. The lowest BCUT2D eigenvalue weighted by atomic mass is 9.92. The minimum atomic E-state index is -1.00. The molecule has 3 unspecified atom stereocenters. The van der Waals surface area contributed by atoms with Crippen LogP contribution in [0.2, 0.25) is 0 Å². The van der Waals surface area contributed by atoms with E-state index in [1.807, 2.05) is 4.90 Å². The molecule has 0 aromatic rings. The average molecular weight is 270 g/mol. The first-order chi connectivity index (χ1) is 9.00. The number of rotatable bonds is 1. The largest absolute Gasteiger partial charge is 0.479 e. The average Bonchev–Trinajstić information content (AvgIpc) is 2.41. The van der Waals surface area contributed by atoms with Crippen LogP contribution in [0.15, 0.2) is 0 Å². The Labute approximate surface area is 113 Å². The molecule has 2 rings (SSSR count). The van der Waals surface area contributed by atoms with Gasteiger partial charge in [-0.1, -0.05) is 6.92 Å². The first kappa shape index (κ1) is 14.1. The summed E-state index contributed by atoms with van der Waals surface area (Å²) in [5.41, 5.74) is 0. The topological polar surface area (TPSA) is 70.1 Å². The van der Waals surface area contributed by atoms with Crippen molar-refractivity contribution in [3.8, 4) is 0 Å². The lowest BCUT2D eigenvalue weighted by Gasteiger charge is -2.42. The van der Waals surface area contributed by atoms with Crippen LogP contribution in [0.5, 0.6) is 0 Å². The second kappa shape index (κ2) is 5.77. The second-order valence-corrected chi connectivity index (χ2v) is 5.48. The molecule has 0 saturated carbocycles. The molecule has 19 heavy (non-hydrogen) atoms. The van der Waals surface area contributed by atoms with E-state index >= 15 is 0 Å². The molecule has 1 N–H and O–H groups in total. The van der Waals surface area contributed by atoms with Crippen molar-refractivity contribution in [1.29, 1.82) is 0 Å². The van der Waals surface area contributed by atoms with Crippen molar-refractivity contribution in [2.45, 2.75) is 38.8 Å². The number of urea groups is 1. The van der Waals surface area contributed by atoms with Crippen molar-refractivity contribution in [3.63, 3.8) is 0 Å². The summed E-state index contributed by atoms with van der Waals surface area (Å²) in [4.78, 5) is 26.9. The van der Waals surface area contributed by atoms with E-state index in [0.29, 0.717) is 19.1 Å². The first-order valence-electron chi connectivity index (χ1n) is 6.90. The number of aliphatic carboxylic acids is 1. The number of hydrogen-bond donors (Lipinski definition) is 1. The monoisotopic (exact) mass is 270 g/mol. The maximum absolute atomic E-state index is 12.5. The maximum atomic E-state index is 12.5. The number of carboxylic acids is 1. The van der Waals surface area contributed by atoms with E-state index in [-0.39, 0.29) is 18.6 Å². The van der Waals surface area contributed by atoms with E-state index in [1.54, 1.807) is 4.90 Å². The van der Waals surface area contributed by atoms with Gasteiger partial charge in [0.15, 0.2) is 6.10 Å². The van der Waals surface area contributed by atoms with Crippen molar-refractivity contribution in [1.82, 2.24) is 9.80 Å². The Kier molecular flexibility index (Phi) is 4.29. The molecular weight excluding hydrogens is 248 g/mol. The number of morpholine rings is 1. The molecule has 0 aromatic carbocycles. The van der Waals surface area contributed by atoms with E-state index in [0.717, 1.165) is 19.4 Å². The minimum absolute atomic E-state index is 0.0476. The zero-order valence-electron chi connectivity index (χ0n) is 11.5. The van der Waals surface area contributed by atoms with E-state index < -0.39 is 12.1 Å². The van der Waals surface area contributed by atoms with Crippen LogP contribution in [0.3, 0.4) is 0 Å². The van der Waals surface area contributed by atoms with Crippen molar-refractivity contribution in [3.05, 3.63) is 0 Å². The predicted octanol–water partition coefficient (Wildman–Crippen LogP) is 1.01. The highest BCUT2D eigenvalue weighted by Crippen LogP contribution is 2.24. The lowest BCUT2D eigenvalue weighted by Crippen LogP contribution is -2.56. The zero-order chi connectivity index (χ0) is 14.0. The van der Waals surface area contributed by atoms with Crippen molar-refractivity contribution >= 4 is 12.0 Å². The van der Waals surface area contributed by atoms with Gasteiger partial charge in [-0.05, 0) is 25.7 Å². The fourth-order valence-electron chi connectivity index (χ4n) is 2.76. The summed E-state index contributed by atoms with van der Waals surface area (Å²) in [6.45, 7) is 5.90. The third-order valence-electron chi connectivity index (χ3n) is 4.23. The molecule has 2 fully saturated rings. The third-order valence-corrected chi connectivity index (χ3v) is 4.23. The number of amides is 2. The van der Waals surface area contributed by atoms with Gasteiger partial charge in [-0.2, -0.15) is 0 Å². The molecule has 108 valence electrons. The smallest absolute Gasteiger partial charge is 0.334 e. The Morgan fingerprint density at radius 3 is 2.68 bits per heavy atom. The molecule has 2 heterocycles. The Morgan fingerprint density at radius 2 is 2.00 bits per heavy atom. The Hall–Kier alpha value is -1.30. The van der Waals surface area contributed by atoms with Gasteiger partial charge in [0.1, 0.15) is 0 Å². The van der Waals surface area contributed by atoms with Crippen LogP contribution in [-0.2, 0) is 9.53 Å². The third kappa shape index (κ3) is 3.00. The van der Waals surface area contributed by atoms with Crippen LogP contribution in [0.1, 0.15) is 26.7 Å². The second-order valence-electron chi connectivity index (χ2n) is 5.48. The van der Waals surface area contributed by atoms with Crippen LogP contribution >= 0.6 is 0 Å². The normalized spacial score (nSPS) is 32.2. The molecule has 0 bridgehead atoms. The van der Waals surface area contributed by atoms with Crippen molar-refractivity contribution in [2.75, 3.05) is 26.2 Å². The van der Waals surface area contributed by atoms with Gasteiger partial charge in [0.25, 0.3) is 0 Å². The molecule has 6 heteroatoms. The summed E-state index contributed by atoms with van der Waals surface area (Å²) in [7, 11) is 0. The van der Waals surface area contributed by atoms with Gasteiger partial charge in [0, 0.05) is 19.1 Å². The molecule has 2 saturated heterocycles. The van der Waals surface area contributed by atoms with Gasteiger partial charge < -0.3 is 19.6 Å². The first-order valence-corrected chi connectivity index (χ1v) is 6.90. The van der Waals surface area contributed by atoms with Gasteiger partial charge >= 0.3 is 12.0 Å². The van der Waals surface area contributed by atoms with Crippen LogP contribution < -0.4 is 0 Å². The van der Waals surface area contributed by atoms with E-state index in [2.05, 4.69) is 13.8 Å². The number of carboxylic acid groups (broad SMARTS) is 1. The maximum Gasteiger partial charge on any atom is 0.334 e. The highest BCUT2D eigenvalue weighted by molar-refractivity contribution is 5.78. The molecule has 0 aliphatic carbocycles. The molecule has 0 aromatic heterocycles. The molecule has 3 atom stereocenters. The highest BCUT2D eigenvalue weighted by Gasteiger charge is 2.35. The molecule has 0 spiro atoms. The Morgan fingerprint density at radius 1 is 1.26 bits per heavy atom. The van der Waals surface area contributed by atoms with Gasteiger partial charge in [0.05, 0.1) is 13.2 Å². The number of likely N-dealkylation sites (tertiary alicyclic amines) is 1. The zero-order valence-corrected chi connectivity index (χ0v) is 11.5. The van der Waals surface area contributed by atoms with Crippen LogP contribution in [0.4, 0.5) is 4.79 Å². The van der Waals surface area contributed by atoms with E-state index in [4.69, 9.17) is 9.84 Å². The molecule has 0 radical (unpaired) electrons. The van der Waals surface area contributed by atoms with Crippen LogP contribution in [0, 0.1) is 5.92 Å². The molecule has 2 amide bonds. The molecule has 6 nitrogen and oxygen atoms in total. The summed E-state index contributed by atoms with van der Waals surface area (Å²) in [5.74, 6) is -0.508. The summed E-state index contributed by atoms with van der Waals surface area (Å²) < 4.78 is 5.14. The summed E-state index contributed by atoms with van der Waals surface area (Å²) in [5, 5.41) is 8.97.